The topological polar surface area (TPSA) is 34.9 Å². The first-order valence-corrected chi connectivity index (χ1v) is 7.50. The molecule has 0 saturated heterocycles. The molecule has 0 fully saturated rings. The van der Waals surface area contributed by atoms with E-state index in [4.69, 9.17) is 11.6 Å². The van der Waals surface area contributed by atoms with E-state index in [1.54, 1.807) is 4.57 Å². The standard InChI is InChI=1S/C16H21ClN2O/c1-10(2)9-11(3)19-15(12(4)17)18-14-8-6-5-7-13(14)16(19)20/h5-8,10-12H,9H2,1-4H3. The molecule has 0 amide bonds. The van der Waals surface area contributed by atoms with E-state index in [0.29, 0.717) is 22.6 Å². The highest BCUT2D eigenvalue weighted by atomic mass is 35.5. The van der Waals surface area contributed by atoms with Crippen LogP contribution in [0.1, 0.15) is 51.4 Å². The molecule has 0 saturated carbocycles. The Kier molecular flexibility index (Phi) is 4.48. The van der Waals surface area contributed by atoms with Gasteiger partial charge in [0.05, 0.1) is 16.3 Å². The van der Waals surface area contributed by atoms with E-state index in [1.165, 1.54) is 0 Å². The molecular formula is C16H21ClN2O. The molecule has 108 valence electrons. The number of hydrogen-bond donors (Lipinski definition) is 0. The molecule has 1 aromatic carbocycles. The number of halogens is 1. The molecule has 0 N–H and O–H groups in total. The smallest absolute Gasteiger partial charge is 0.261 e. The zero-order valence-corrected chi connectivity index (χ0v) is 13.2. The highest BCUT2D eigenvalue weighted by Crippen LogP contribution is 2.24. The van der Waals surface area contributed by atoms with Crippen molar-refractivity contribution in [2.45, 2.75) is 45.5 Å². The number of nitrogens with zero attached hydrogens (tertiary/aromatic N) is 2. The van der Waals surface area contributed by atoms with Crippen LogP contribution in [0.3, 0.4) is 0 Å². The molecule has 4 heteroatoms. The summed E-state index contributed by atoms with van der Waals surface area (Å²) in [6.07, 6.45) is 0.927. The maximum absolute atomic E-state index is 12.7. The lowest BCUT2D eigenvalue weighted by Crippen LogP contribution is -2.29. The summed E-state index contributed by atoms with van der Waals surface area (Å²) < 4.78 is 1.76. The van der Waals surface area contributed by atoms with Crippen LogP contribution in [0.25, 0.3) is 10.9 Å². The quantitative estimate of drug-likeness (QED) is 0.787. The first-order chi connectivity index (χ1) is 9.41. The first kappa shape index (κ1) is 15.0. The Hall–Kier alpha value is -1.35. The van der Waals surface area contributed by atoms with Gasteiger partial charge >= 0.3 is 0 Å². The van der Waals surface area contributed by atoms with Crippen molar-refractivity contribution in [1.29, 1.82) is 0 Å². The molecule has 20 heavy (non-hydrogen) atoms. The van der Waals surface area contributed by atoms with Gasteiger partial charge in [-0.05, 0) is 38.3 Å². The molecule has 2 aromatic rings. The summed E-state index contributed by atoms with van der Waals surface area (Å²) in [5.41, 5.74) is 0.722. The predicted molar refractivity (Wildman–Crippen MR) is 84.4 cm³/mol. The Balaban J connectivity index is 2.70. The van der Waals surface area contributed by atoms with Gasteiger partial charge in [0.15, 0.2) is 0 Å². The third-order valence-corrected chi connectivity index (χ3v) is 3.64. The Labute approximate surface area is 124 Å². The van der Waals surface area contributed by atoms with Crippen molar-refractivity contribution in [1.82, 2.24) is 9.55 Å². The maximum Gasteiger partial charge on any atom is 0.261 e. The number of alkyl halides is 1. The minimum absolute atomic E-state index is 0.00579. The van der Waals surface area contributed by atoms with Gasteiger partial charge in [-0.3, -0.25) is 9.36 Å². The zero-order valence-electron chi connectivity index (χ0n) is 12.4. The molecule has 1 heterocycles. The number of fused-ring (bicyclic) bond motifs is 1. The molecule has 0 bridgehead atoms. The monoisotopic (exact) mass is 292 g/mol. The summed E-state index contributed by atoms with van der Waals surface area (Å²) in [5, 5.41) is 0.367. The summed E-state index contributed by atoms with van der Waals surface area (Å²) in [7, 11) is 0. The molecule has 3 nitrogen and oxygen atoms in total. The van der Waals surface area contributed by atoms with Crippen LogP contribution in [0.15, 0.2) is 29.1 Å². The highest BCUT2D eigenvalue weighted by Gasteiger charge is 2.19. The maximum atomic E-state index is 12.7. The van der Waals surface area contributed by atoms with Gasteiger partial charge in [-0.2, -0.15) is 0 Å². The van der Waals surface area contributed by atoms with Crippen LogP contribution in [-0.2, 0) is 0 Å². The number of rotatable bonds is 4. The summed E-state index contributed by atoms with van der Waals surface area (Å²) in [6, 6.07) is 7.53. The van der Waals surface area contributed by atoms with Gasteiger partial charge < -0.3 is 0 Å². The van der Waals surface area contributed by atoms with Crippen molar-refractivity contribution < 1.29 is 0 Å². The van der Waals surface area contributed by atoms with Crippen LogP contribution < -0.4 is 5.56 Å². The third kappa shape index (κ3) is 2.88. The lowest BCUT2D eigenvalue weighted by molar-refractivity contribution is 0.405. The van der Waals surface area contributed by atoms with E-state index in [-0.39, 0.29) is 17.0 Å². The van der Waals surface area contributed by atoms with Crippen LogP contribution in [0.2, 0.25) is 0 Å². The third-order valence-electron chi connectivity index (χ3n) is 3.44. The number of aromatic nitrogens is 2. The van der Waals surface area contributed by atoms with Crippen molar-refractivity contribution in [2.24, 2.45) is 5.92 Å². The van der Waals surface area contributed by atoms with Gasteiger partial charge in [-0.25, -0.2) is 4.98 Å². The van der Waals surface area contributed by atoms with E-state index < -0.39 is 0 Å². The summed E-state index contributed by atoms with van der Waals surface area (Å²) in [6.45, 7) is 8.22. The summed E-state index contributed by atoms with van der Waals surface area (Å²) in [4.78, 5) is 17.3. The predicted octanol–water partition coefficient (Wildman–Crippen LogP) is 4.30. The van der Waals surface area contributed by atoms with Gasteiger partial charge in [0, 0.05) is 6.04 Å². The largest absolute Gasteiger partial charge is 0.292 e. The van der Waals surface area contributed by atoms with Crippen molar-refractivity contribution in [2.75, 3.05) is 0 Å². The zero-order chi connectivity index (χ0) is 14.9. The molecule has 0 aliphatic rings. The highest BCUT2D eigenvalue weighted by molar-refractivity contribution is 6.20. The number of hydrogen-bond acceptors (Lipinski definition) is 2. The Bertz CT molecular complexity index is 661. The van der Waals surface area contributed by atoms with Crippen LogP contribution in [-0.4, -0.2) is 9.55 Å². The number of para-hydroxylation sites is 1. The SMILES string of the molecule is CC(C)CC(C)n1c(C(C)Cl)nc2ccccc2c1=O. The second-order valence-corrected chi connectivity index (χ2v) is 6.41. The van der Waals surface area contributed by atoms with Crippen LogP contribution in [0, 0.1) is 5.92 Å². The Morgan fingerprint density at radius 2 is 1.85 bits per heavy atom. The van der Waals surface area contributed by atoms with Gasteiger partial charge in [0.2, 0.25) is 0 Å². The summed E-state index contributed by atoms with van der Waals surface area (Å²) >= 11 is 6.24. The van der Waals surface area contributed by atoms with Crippen molar-refractivity contribution in [3.8, 4) is 0 Å². The Morgan fingerprint density at radius 3 is 2.45 bits per heavy atom. The van der Waals surface area contributed by atoms with Gasteiger partial charge in [-0.1, -0.05) is 26.0 Å². The second kappa shape index (κ2) is 5.96. The lowest BCUT2D eigenvalue weighted by Gasteiger charge is -2.22. The second-order valence-electron chi connectivity index (χ2n) is 5.76. The van der Waals surface area contributed by atoms with E-state index in [2.05, 4.69) is 25.8 Å². The molecular weight excluding hydrogens is 272 g/mol. The van der Waals surface area contributed by atoms with Gasteiger partial charge in [0.25, 0.3) is 5.56 Å². The Morgan fingerprint density at radius 1 is 1.20 bits per heavy atom. The van der Waals surface area contributed by atoms with Crippen LogP contribution in [0.5, 0.6) is 0 Å². The van der Waals surface area contributed by atoms with Crippen molar-refractivity contribution in [3.63, 3.8) is 0 Å². The molecule has 2 unspecified atom stereocenters. The number of benzene rings is 1. The van der Waals surface area contributed by atoms with Crippen molar-refractivity contribution in [3.05, 3.63) is 40.4 Å². The minimum Gasteiger partial charge on any atom is -0.292 e. The van der Waals surface area contributed by atoms with E-state index >= 15 is 0 Å². The molecule has 2 atom stereocenters. The van der Waals surface area contributed by atoms with Crippen molar-refractivity contribution >= 4 is 22.5 Å². The molecule has 0 radical (unpaired) electrons. The minimum atomic E-state index is -0.290. The average Bonchev–Trinajstić information content (AvgIpc) is 2.37. The lowest BCUT2D eigenvalue weighted by atomic mass is 10.0. The fourth-order valence-electron chi connectivity index (χ4n) is 2.66. The van der Waals surface area contributed by atoms with Gasteiger partial charge in [-0.15, -0.1) is 11.6 Å². The molecule has 0 spiro atoms. The van der Waals surface area contributed by atoms with E-state index in [9.17, 15) is 4.79 Å². The van der Waals surface area contributed by atoms with E-state index in [0.717, 1.165) is 6.42 Å². The molecule has 0 aliphatic carbocycles. The molecule has 2 rings (SSSR count). The van der Waals surface area contributed by atoms with Crippen LogP contribution in [0.4, 0.5) is 0 Å². The molecule has 1 aromatic heterocycles. The normalized spacial score (nSPS) is 14.7. The fourth-order valence-corrected chi connectivity index (χ4v) is 2.81. The summed E-state index contributed by atoms with van der Waals surface area (Å²) in [5.74, 6) is 1.17. The van der Waals surface area contributed by atoms with Crippen LogP contribution >= 0.6 is 11.6 Å². The first-order valence-electron chi connectivity index (χ1n) is 7.07. The average molecular weight is 293 g/mol. The fraction of sp³-hybridized carbons (Fsp3) is 0.500. The molecule has 0 aliphatic heterocycles. The van der Waals surface area contributed by atoms with Gasteiger partial charge in [0.1, 0.15) is 5.82 Å². The van der Waals surface area contributed by atoms with E-state index in [1.807, 2.05) is 31.2 Å².